The summed E-state index contributed by atoms with van der Waals surface area (Å²) in [4.78, 5) is 37.6. The fourth-order valence-electron chi connectivity index (χ4n) is 3.70. The van der Waals surface area contributed by atoms with Crippen LogP contribution in [-0.2, 0) is 23.8 Å². The van der Waals surface area contributed by atoms with E-state index in [0.717, 1.165) is 13.2 Å². The fourth-order valence-corrected chi connectivity index (χ4v) is 3.70. The molecule has 1 aliphatic rings. The number of rotatable bonds is 7. The van der Waals surface area contributed by atoms with Gasteiger partial charge in [0.15, 0.2) is 11.6 Å². The van der Waals surface area contributed by atoms with Crippen LogP contribution >= 0.6 is 0 Å². The van der Waals surface area contributed by atoms with Crippen LogP contribution in [0.1, 0.15) is 35.7 Å². The first kappa shape index (κ1) is 24.6. The van der Waals surface area contributed by atoms with Gasteiger partial charge in [0.1, 0.15) is 13.2 Å². The molecule has 0 saturated carbocycles. The number of hydrogen-bond acceptors (Lipinski definition) is 7. The Kier molecular flexibility index (Phi) is 7.78. The smallest absolute Gasteiger partial charge is 0.338 e. The average molecular weight is 471 g/mol. The molecule has 1 N–H and O–H groups in total. The van der Waals surface area contributed by atoms with Gasteiger partial charge < -0.3 is 19.5 Å². The van der Waals surface area contributed by atoms with Crippen molar-refractivity contribution in [2.75, 3.05) is 20.3 Å². The third-order valence-electron chi connectivity index (χ3n) is 5.24. The summed E-state index contributed by atoms with van der Waals surface area (Å²) in [6.45, 7) is 2.60. The Morgan fingerprint density at radius 1 is 0.824 bits per heavy atom. The number of benzene rings is 2. The molecule has 0 aliphatic carbocycles. The van der Waals surface area contributed by atoms with Gasteiger partial charge in [-0.2, -0.15) is 0 Å². The van der Waals surface area contributed by atoms with Crippen LogP contribution in [0.4, 0.5) is 8.78 Å². The summed E-state index contributed by atoms with van der Waals surface area (Å²) in [7, 11) is 1.14. The number of carbonyl (C=O) groups excluding carboxylic acids is 3. The maximum absolute atomic E-state index is 14.8. The van der Waals surface area contributed by atoms with Crippen LogP contribution in [0.5, 0.6) is 0 Å². The maximum Gasteiger partial charge on any atom is 0.338 e. The zero-order chi connectivity index (χ0) is 24.8. The topological polar surface area (TPSA) is 90.9 Å². The summed E-state index contributed by atoms with van der Waals surface area (Å²) in [6.07, 6.45) is 0. The lowest BCUT2D eigenvalue weighted by Gasteiger charge is -2.30. The van der Waals surface area contributed by atoms with E-state index in [1.807, 2.05) is 0 Å². The van der Waals surface area contributed by atoms with Crippen molar-refractivity contribution in [3.05, 3.63) is 93.8 Å². The largest absolute Gasteiger partial charge is 0.466 e. The summed E-state index contributed by atoms with van der Waals surface area (Å²) in [5.74, 6) is -5.88. The van der Waals surface area contributed by atoms with Gasteiger partial charge in [-0.1, -0.05) is 30.3 Å². The Hall–Kier alpha value is -4.01. The van der Waals surface area contributed by atoms with Crippen LogP contribution in [0.3, 0.4) is 0 Å². The van der Waals surface area contributed by atoms with Gasteiger partial charge >= 0.3 is 17.9 Å². The molecule has 1 heterocycles. The van der Waals surface area contributed by atoms with Gasteiger partial charge in [0.05, 0.1) is 29.7 Å². The van der Waals surface area contributed by atoms with Crippen LogP contribution in [-0.4, -0.2) is 38.2 Å². The van der Waals surface area contributed by atoms with Crippen molar-refractivity contribution < 1.29 is 37.4 Å². The van der Waals surface area contributed by atoms with Crippen molar-refractivity contribution in [1.82, 2.24) is 5.32 Å². The van der Waals surface area contributed by atoms with Gasteiger partial charge in [-0.3, -0.25) is 0 Å². The summed E-state index contributed by atoms with van der Waals surface area (Å²) in [5.41, 5.74) is 0.596. The van der Waals surface area contributed by atoms with Gasteiger partial charge in [-0.05, 0) is 32.0 Å². The number of halogens is 2. The van der Waals surface area contributed by atoms with Gasteiger partial charge in [-0.15, -0.1) is 0 Å². The van der Waals surface area contributed by atoms with E-state index in [-0.39, 0.29) is 29.9 Å². The standard InChI is InChI=1S/C25H23F2NO6/c1-14-19(24(30)32-3)21(17-10-7-11-18(26)22(17)27)20(15(2)28-14)25(31)34-13-12-33-23(29)16-8-5-4-6-9-16/h4-11,21,28H,12-13H2,1-3H3. The number of allylic oxidation sites excluding steroid dienone is 2. The number of methoxy groups -OCH3 is 1. The quantitative estimate of drug-likeness (QED) is 0.373. The Labute approximate surface area is 195 Å². The molecular formula is C25H23F2NO6. The molecule has 178 valence electrons. The van der Waals surface area contributed by atoms with E-state index in [0.29, 0.717) is 17.0 Å². The molecular weight excluding hydrogens is 448 g/mol. The third kappa shape index (κ3) is 5.14. The molecule has 34 heavy (non-hydrogen) atoms. The van der Waals surface area contributed by atoms with Crippen molar-refractivity contribution in [2.45, 2.75) is 19.8 Å². The van der Waals surface area contributed by atoms with Crippen molar-refractivity contribution in [1.29, 1.82) is 0 Å². The highest BCUT2D eigenvalue weighted by Gasteiger charge is 2.39. The van der Waals surface area contributed by atoms with Crippen molar-refractivity contribution >= 4 is 17.9 Å². The number of esters is 3. The van der Waals surface area contributed by atoms with E-state index >= 15 is 0 Å². The molecule has 3 rings (SSSR count). The monoisotopic (exact) mass is 471 g/mol. The Bertz CT molecular complexity index is 1170. The molecule has 9 heteroatoms. The number of hydrogen-bond donors (Lipinski definition) is 1. The molecule has 0 amide bonds. The number of ether oxygens (including phenoxy) is 3. The normalized spacial score (nSPS) is 15.5. The zero-order valence-electron chi connectivity index (χ0n) is 18.8. The predicted molar refractivity (Wildman–Crippen MR) is 117 cm³/mol. The SMILES string of the molecule is COC(=O)C1=C(C)NC(C)=C(C(=O)OCCOC(=O)c2ccccc2)C1c1cccc(F)c1F. The highest BCUT2D eigenvalue weighted by molar-refractivity contribution is 5.99. The van der Waals surface area contributed by atoms with Crippen molar-refractivity contribution in [3.63, 3.8) is 0 Å². The lowest BCUT2D eigenvalue weighted by Crippen LogP contribution is -2.33. The maximum atomic E-state index is 14.8. The van der Waals surface area contributed by atoms with Crippen LogP contribution < -0.4 is 5.32 Å². The van der Waals surface area contributed by atoms with Gasteiger partial charge in [0.2, 0.25) is 0 Å². The van der Waals surface area contributed by atoms with Crippen LogP contribution in [0.25, 0.3) is 0 Å². The highest BCUT2D eigenvalue weighted by Crippen LogP contribution is 2.40. The second-order valence-corrected chi connectivity index (χ2v) is 7.41. The van der Waals surface area contributed by atoms with Gasteiger partial charge in [-0.25, -0.2) is 23.2 Å². The van der Waals surface area contributed by atoms with Gasteiger partial charge in [0, 0.05) is 17.0 Å². The summed E-state index contributed by atoms with van der Waals surface area (Å²) >= 11 is 0. The molecule has 0 aromatic heterocycles. The fraction of sp³-hybridized carbons (Fsp3) is 0.240. The minimum absolute atomic E-state index is 0.0555. The van der Waals surface area contributed by atoms with E-state index in [2.05, 4.69) is 5.32 Å². The molecule has 0 saturated heterocycles. The molecule has 1 aliphatic heterocycles. The Morgan fingerprint density at radius 3 is 2.03 bits per heavy atom. The van der Waals surface area contributed by atoms with E-state index in [9.17, 15) is 23.2 Å². The molecule has 0 bridgehead atoms. The van der Waals surface area contributed by atoms with E-state index < -0.39 is 35.5 Å². The van der Waals surface area contributed by atoms with E-state index in [1.165, 1.54) is 12.1 Å². The molecule has 7 nitrogen and oxygen atoms in total. The summed E-state index contributed by atoms with van der Waals surface area (Å²) in [5, 5.41) is 2.90. The first-order chi connectivity index (χ1) is 16.3. The zero-order valence-corrected chi connectivity index (χ0v) is 18.8. The molecule has 0 spiro atoms. The first-order valence-electron chi connectivity index (χ1n) is 10.4. The van der Waals surface area contributed by atoms with Crippen LogP contribution in [0.15, 0.2) is 71.1 Å². The predicted octanol–water partition coefficient (Wildman–Crippen LogP) is 3.77. The molecule has 0 radical (unpaired) electrons. The minimum Gasteiger partial charge on any atom is -0.466 e. The van der Waals surface area contributed by atoms with Crippen molar-refractivity contribution in [3.8, 4) is 0 Å². The second kappa shape index (κ2) is 10.7. The molecule has 1 atom stereocenters. The first-order valence-corrected chi connectivity index (χ1v) is 10.4. The average Bonchev–Trinajstić information content (AvgIpc) is 2.83. The lowest BCUT2D eigenvalue weighted by atomic mass is 9.80. The molecule has 1 unspecified atom stereocenters. The number of carbonyl (C=O) groups is 3. The lowest BCUT2D eigenvalue weighted by molar-refractivity contribution is -0.140. The summed E-state index contributed by atoms with van der Waals surface area (Å²) < 4.78 is 44.0. The minimum atomic E-state index is -1.27. The van der Waals surface area contributed by atoms with Crippen molar-refractivity contribution in [2.24, 2.45) is 0 Å². The van der Waals surface area contributed by atoms with Crippen LogP contribution in [0, 0.1) is 11.6 Å². The summed E-state index contributed by atoms with van der Waals surface area (Å²) in [6, 6.07) is 11.8. The third-order valence-corrected chi connectivity index (χ3v) is 5.24. The number of nitrogens with one attached hydrogen (secondary N) is 1. The molecule has 2 aromatic rings. The second-order valence-electron chi connectivity index (χ2n) is 7.41. The Balaban J connectivity index is 1.83. The van der Waals surface area contributed by atoms with E-state index in [1.54, 1.807) is 44.2 Å². The van der Waals surface area contributed by atoms with E-state index in [4.69, 9.17) is 14.2 Å². The molecule has 0 fully saturated rings. The Morgan fingerprint density at radius 2 is 1.41 bits per heavy atom. The molecule has 2 aromatic carbocycles. The number of dihydropyridines is 1. The highest BCUT2D eigenvalue weighted by atomic mass is 19.2. The van der Waals surface area contributed by atoms with Gasteiger partial charge in [0.25, 0.3) is 0 Å². The van der Waals surface area contributed by atoms with Crippen LogP contribution in [0.2, 0.25) is 0 Å².